The van der Waals surface area contributed by atoms with Crippen LogP contribution in [0.4, 0.5) is 0 Å². The summed E-state index contributed by atoms with van der Waals surface area (Å²) >= 11 is 1.49. The van der Waals surface area contributed by atoms with Gasteiger partial charge in [-0.1, -0.05) is 82.2 Å². The third kappa shape index (κ3) is 12.9. The number of thioether (sulfide) groups is 1. The molecule has 0 aromatic heterocycles. The summed E-state index contributed by atoms with van der Waals surface area (Å²) in [5.41, 5.74) is 2.94. The predicted octanol–water partition coefficient (Wildman–Crippen LogP) is 4.54. The van der Waals surface area contributed by atoms with Gasteiger partial charge in [0.2, 0.25) is 0 Å². The lowest BCUT2D eigenvalue weighted by atomic mass is 10.1. The Hall–Kier alpha value is -0.980. The molecule has 0 aromatic carbocycles. The van der Waals surface area contributed by atoms with E-state index in [-0.39, 0.29) is 17.9 Å². The zero-order valence-electron chi connectivity index (χ0n) is 19.2. The van der Waals surface area contributed by atoms with Crippen LogP contribution in [-0.2, 0) is 20.0 Å². The summed E-state index contributed by atoms with van der Waals surface area (Å²) in [7, 11) is -7.56. The van der Waals surface area contributed by atoms with Gasteiger partial charge < -0.3 is 4.90 Å². The van der Waals surface area contributed by atoms with E-state index in [0.717, 1.165) is 25.0 Å². The lowest BCUT2D eigenvalue weighted by Gasteiger charge is -2.16. The Labute approximate surface area is 199 Å². The van der Waals surface area contributed by atoms with Gasteiger partial charge in [-0.2, -0.15) is 13.7 Å². The highest BCUT2D eigenvalue weighted by Gasteiger charge is 2.23. The Kier molecular flexibility index (Phi) is 14.3. The van der Waals surface area contributed by atoms with Gasteiger partial charge in [-0.25, -0.2) is 8.42 Å². The molecule has 0 bridgehead atoms. The highest BCUT2D eigenvalue weighted by molar-refractivity contribution is 8.03. The number of unbranched alkanes of at least 4 members (excludes halogenated alkanes) is 9. The summed E-state index contributed by atoms with van der Waals surface area (Å²) in [6.07, 6.45) is 12.7. The molecule has 1 fully saturated rings. The van der Waals surface area contributed by atoms with Crippen molar-refractivity contribution in [2.45, 2.75) is 82.8 Å². The summed E-state index contributed by atoms with van der Waals surface area (Å²) in [5, 5.41) is 8.85. The first-order valence-electron chi connectivity index (χ1n) is 11.6. The number of sulfone groups is 1. The fourth-order valence-corrected chi connectivity index (χ4v) is 6.33. The minimum atomic E-state index is -4.00. The topological polar surface area (TPSA) is 116 Å². The Morgan fingerprint density at radius 2 is 1.59 bits per heavy atom. The minimum absolute atomic E-state index is 0.000453. The standard InChI is InChI=1S/C22H38N2O5S3/c1-2-3-4-5-6-7-8-9-10-11-18-31(25,26)21(20-23)13-14-22-24(16-17-30-22)15-12-19-32(27,28)29/h13,21H,2-12,15-19H2,1H3,(H,27,28,29). The summed E-state index contributed by atoms with van der Waals surface area (Å²) in [6, 6.07) is 1.87. The van der Waals surface area contributed by atoms with Crippen molar-refractivity contribution >= 4 is 31.7 Å². The van der Waals surface area contributed by atoms with Crippen molar-refractivity contribution in [3.8, 4) is 6.07 Å². The van der Waals surface area contributed by atoms with Crippen LogP contribution in [0.25, 0.3) is 0 Å². The zero-order valence-corrected chi connectivity index (χ0v) is 21.6. The molecule has 0 saturated carbocycles. The second kappa shape index (κ2) is 15.8. The third-order valence-electron chi connectivity index (χ3n) is 5.37. The molecule has 10 heteroatoms. The number of nitrogens with zero attached hydrogens (tertiary/aromatic N) is 2. The normalized spacial score (nSPS) is 15.4. The smallest absolute Gasteiger partial charge is 0.264 e. The van der Waals surface area contributed by atoms with Crippen LogP contribution in [0.3, 0.4) is 0 Å². The van der Waals surface area contributed by atoms with Crippen LogP contribution in [0, 0.1) is 11.3 Å². The average molecular weight is 507 g/mol. The van der Waals surface area contributed by atoms with Gasteiger partial charge in [0, 0.05) is 18.8 Å². The number of hydrogen-bond donors (Lipinski definition) is 1. The van der Waals surface area contributed by atoms with E-state index in [2.05, 4.69) is 12.7 Å². The molecule has 1 rings (SSSR count). The first kappa shape index (κ1) is 29.1. The number of nitriles is 1. The molecule has 0 spiro atoms. The van der Waals surface area contributed by atoms with Crippen molar-refractivity contribution < 1.29 is 21.4 Å². The number of rotatable bonds is 17. The highest BCUT2D eigenvalue weighted by atomic mass is 32.2. The van der Waals surface area contributed by atoms with Crippen LogP contribution in [0.15, 0.2) is 16.8 Å². The molecule has 1 aliphatic heterocycles. The molecule has 7 nitrogen and oxygen atoms in total. The highest BCUT2D eigenvalue weighted by Crippen LogP contribution is 2.27. The van der Waals surface area contributed by atoms with Crippen molar-refractivity contribution in [1.29, 1.82) is 5.26 Å². The molecule has 1 N–H and O–H groups in total. The van der Waals surface area contributed by atoms with Gasteiger partial charge >= 0.3 is 0 Å². The summed E-state index contributed by atoms with van der Waals surface area (Å²) in [4.78, 5) is 1.90. The second-order valence-electron chi connectivity index (χ2n) is 8.19. The average Bonchev–Trinajstić information content (AvgIpc) is 3.16. The van der Waals surface area contributed by atoms with E-state index >= 15 is 0 Å². The monoisotopic (exact) mass is 506 g/mol. The van der Waals surface area contributed by atoms with Crippen molar-refractivity contribution in [2.75, 3.05) is 30.3 Å². The molecule has 1 unspecified atom stereocenters. The molecule has 1 saturated heterocycles. The maximum absolute atomic E-state index is 12.5. The van der Waals surface area contributed by atoms with Gasteiger partial charge in [-0.15, -0.1) is 0 Å². The zero-order chi connectivity index (χ0) is 23.9. The van der Waals surface area contributed by atoms with Gasteiger partial charge in [0.05, 0.1) is 17.6 Å². The van der Waals surface area contributed by atoms with Gasteiger partial charge in [0.25, 0.3) is 10.1 Å². The molecule has 32 heavy (non-hydrogen) atoms. The molecular formula is C22H38N2O5S3. The van der Waals surface area contributed by atoms with E-state index in [0.29, 0.717) is 24.5 Å². The van der Waals surface area contributed by atoms with Crippen molar-refractivity contribution in [2.24, 2.45) is 0 Å². The summed E-state index contributed by atoms with van der Waals surface area (Å²) in [5.74, 6) is 0.463. The molecule has 184 valence electrons. The van der Waals surface area contributed by atoms with Gasteiger partial charge in [0.1, 0.15) is 5.03 Å². The van der Waals surface area contributed by atoms with Crippen LogP contribution in [-0.4, -0.2) is 61.9 Å². The maximum Gasteiger partial charge on any atom is 0.264 e. The molecule has 0 aliphatic carbocycles. The largest absolute Gasteiger partial charge is 0.359 e. The maximum atomic E-state index is 12.5. The molecular weight excluding hydrogens is 468 g/mol. The molecule has 0 aromatic rings. The minimum Gasteiger partial charge on any atom is -0.359 e. The fourth-order valence-electron chi connectivity index (χ4n) is 3.52. The number of hydrogen-bond acceptors (Lipinski definition) is 7. The van der Waals surface area contributed by atoms with Crippen LogP contribution >= 0.6 is 11.8 Å². The molecule has 0 radical (unpaired) electrons. The first-order chi connectivity index (χ1) is 15.2. The van der Waals surface area contributed by atoms with E-state index in [9.17, 15) is 22.1 Å². The van der Waals surface area contributed by atoms with Gasteiger partial charge in [0.15, 0.2) is 15.1 Å². The lowest BCUT2D eigenvalue weighted by Crippen LogP contribution is -2.22. The van der Waals surface area contributed by atoms with Gasteiger partial charge in [-0.3, -0.25) is 4.55 Å². The Morgan fingerprint density at radius 1 is 1.00 bits per heavy atom. The van der Waals surface area contributed by atoms with E-state index in [4.69, 9.17) is 4.55 Å². The molecule has 1 aliphatic rings. The van der Waals surface area contributed by atoms with E-state index in [1.54, 1.807) is 0 Å². The molecule has 1 atom stereocenters. The van der Waals surface area contributed by atoms with Crippen molar-refractivity contribution in [1.82, 2.24) is 4.90 Å². The third-order valence-corrected chi connectivity index (χ3v) is 9.09. The Morgan fingerprint density at radius 3 is 2.16 bits per heavy atom. The Balaban J connectivity index is 2.44. The predicted molar refractivity (Wildman–Crippen MR) is 132 cm³/mol. The summed E-state index contributed by atoms with van der Waals surface area (Å²) in [6.45, 7) is 3.32. The first-order valence-corrected chi connectivity index (χ1v) is 15.9. The van der Waals surface area contributed by atoms with Crippen LogP contribution in [0.2, 0.25) is 0 Å². The van der Waals surface area contributed by atoms with Crippen molar-refractivity contribution in [3.63, 3.8) is 0 Å². The summed E-state index contributed by atoms with van der Waals surface area (Å²) < 4.78 is 55.7. The van der Waals surface area contributed by atoms with E-state index in [1.165, 1.54) is 56.4 Å². The molecule has 0 amide bonds. The fraction of sp³-hybridized carbons (Fsp3) is 0.818. The van der Waals surface area contributed by atoms with E-state index in [1.807, 2.05) is 11.0 Å². The van der Waals surface area contributed by atoms with E-state index < -0.39 is 25.2 Å². The quantitative estimate of drug-likeness (QED) is 0.174. The van der Waals surface area contributed by atoms with Crippen LogP contribution in [0.5, 0.6) is 0 Å². The van der Waals surface area contributed by atoms with Crippen molar-refractivity contribution in [3.05, 3.63) is 16.8 Å². The van der Waals surface area contributed by atoms with Crippen LogP contribution < -0.4 is 0 Å². The van der Waals surface area contributed by atoms with Crippen LogP contribution in [0.1, 0.15) is 77.6 Å². The second-order valence-corrected chi connectivity index (χ2v) is 13.1. The lowest BCUT2D eigenvalue weighted by molar-refractivity contribution is 0.398. The SMILES string of the molecule is CCCCCCCCCCCCS(=O)(=O)C(C#N)C=C=C1SCCN1CCCS(=O)(=O)O. The van der Waals surface area contributed by atoms with Gasteiger partial charge in [-0.05, 0) is 18.9 Å². The Bertz CT molecular complexity index is 856. The molecule has 1 heterocycles.